The number of hydrogen-bond acceptors (Lipinski definition) is 5. The fourth-order valence-electron chi connectivity index (χ4n) is 4.43. The molecule has 0 spiro atoms. The molecule has 2 heterocycles. The second-order valence-electron chi connectivity index (χ2n) is 8.25. The van der Waals surface area contributed by atoms with Gasteiger partial charge in [0.25, 0.3) is 0 Å². The van der Waals surface area contributed by atoms with Gasteiger partial charge in [-0.3, -0.25) is 4.79 Å². The molecule has 0 amide bonds. The van der Waals surface area contributed by atoms with Crippen LogP contribution in [0.15, 0.2) is 36.4 Å². The number of aryl methyl sites for hydroxylation is 1. The summed E-state index contributed by atoms with van der Waals surface area (Å²) in [6.07, 6.45) is 0.295. The molecule has 3 aromatic rings. The maximum atomic E-state index is 13.3. The summed E-state index contributed by atoms with van der Waals surface area (Å²) in [4.78, 5) is 11.6. The van der Waals surface area contributed by atoms with E-state index in [0.717, 1.165) is 43.9 Å². The van der Waals surface area contributed by atoms with E-state index in [-0.39, 0.29) is 11.9 Å². The van der Waals surface area contributed by atoms with Crippen molar-refractivity contribution in [2.24, 2.45) is 0 Å². The van der Waals surface area contributed by atoms with Crippen molar-refractivity contribution in [3.05, 3.63) is 64.5 Å². The third-order valence-electron chi connectivity index (χ3n) is 6.24. The number of carbonyl (C=O) groups is 1. The zero-order valence-electron chi connectivity index (χ0n) is 19.1. The summed E-state index contributed by atoms with van der Waals surface area (Å²) in [6.45, 7) is 3.77. The molecular weight excluding hydrogens is 428 g/mol. The number of methoxy groups -OCH3 is 1. The maximum Gasteiger partial charge on any atom is 0.333 e. The highest BCUT2D eigenvalue weighted by atomic mass is 19.3. The average Bonchev–Trinajstić information content (AvgIpc) is 3.32. The van der Waals surface area contributed by atoms with E-state index in [1.165, 1.54) is 7.11 Å². The normalized spacial score (nSPS) is 14.8. The first kappa shape index (κ1) is 22.8. The Morgan fingerprint density at radius 2 is 2.06 bits per heavy atom. The molecule has 0 saturated carbocycles. The lowest BCUT2D eigenvalue weighted by molar-refractivity contribution is -0.141. The zero-order chi connectivity index (χ0) is 23.7. The van der Waals surface area contributed by atoms with Gasteiger partial charge < -0.3 is 14.8 Å². The fraction of sp³-hybridized carbons (Fsp3) is 0.360. The van der Waals surface area contributed by atoms with E-state index in [4.69, 9.17) is 9.47 Å². The lowest BCUT2D eigenvalue weighted by atomic mass is 9.95. The molecule has 6 nitrogen and oxygen atoms in total. The number of carbonyl (C=O) groups excluding carboxylic acids is 1. The van der Waals surface area contributed by atoms with Gasteiger partial charge in [-0.05, 0) is 43.5 Å². The van der Waals surface area contributed by atoms with Crippen LogP contribution >= 0.6 is 0 Å². The van der Waals surface area contributed by atoms with Gasteiger partial charge in [0.15, 0.2) is 0 Å². The van der Waals surface area contributed by atoms with Crippen molar-refractivity contribution < 1.29 is 23.0 Å². The van der Waals surface area contributed by atoms with Crippen molar-refractivity contribution in [3.8, 4) is 16.9 Å². The van der Waals surface area contributed by atoms with Crippen LogP contribution in [0.1, 0.15) is 47.0 Å². The van der Waals surface area contributed by atoms with Crippen molar-refractivity contribution in [1.82, 2.24) is 9.78 Å². The van der Waals surface area contributed by atoms with Gasteiger partial charge in [-0.15, -0.1) is 0 Å². The minimum Gasteiger partial charge on any atom is -0.493 e. The number of nitrogens with zero attached hydrogens (tertiary/aromatic N) is 2. The molecule has 1 N–H and O–H groups in total. The number of nitrogens with one attached hydrogen (secondary N) is 1. The number of ether oxygens (including phenoxy) is 2. The van der Waals surface area contributed by atoms with Crippen molar-refractivity contribution in [2.75, 3.05) is 19.0 Å². The minimum atomic E-state index is -2.67. The predicted molar refractivity (Wildman–Crippen MR) is 122 cm³/mol. The van der Waals surface area contributed by atoms with Crippen LogP contribution in [0.2, 0.25) is 0 Å². The quantitative estimate of drug-likeness (QED) is 0.475. The van der Waals surface area contributed by atoms with Gasteiger partial charge in [0.05, 0.1) is 25.8 Å². The van der Waals surface area contributed by atoms with Gasteiger partial charge in [-0.25, -0.2) is 4.68 Å². The number of aromatic nitrogens is 2. The molecule has 1 aliphatic rings. The number of alkyl halides is 2. The molecule has 0 unspecified atom stereocenters. The molecule has 0 fully saturated rings. The van der Waals surface area contributed by atoms with Crippen molar-refractivity contribution in [1.29, 1.82) is 0 Å². The Kier molecular flexibility index (Phi) is 6.35. The van der Waals surface area contributed by atoms with E-state index in [2.05, 4.69) is 10.4 Å². The monoisotopic (exact) mass is 455 g/mol. The molecule has 0 radical (unpaired) electrons. The minimum absolute atomic E-state index is 0.000982. The summed E-state index contributed by atoms with van der Waals surface area (Å²) in [5, 5.41) is 7.44. The predicted octanol–water partition coefficient (Wildman–Crippen LogP) is 5.52. The highest BCUT2D eigenvalue weighted by Gasteiger charge is 2.27. The van der Waals surface area contributed by atoms with Crippen molar-refractivity contribution in [3.63, 3.8) is 0 Å². The van der Waals surface area contributed by atoms with Crippen molar-refractivity contribution in [2.45, 2.75) is 46.2 Å². The molecule has 0 bridgehead atoms. The first-order valence-electron chi connectivity index (χ1n) is 10.8. The van der Waals surface area contributed by atoms with Crippen LogP contribution < -0.4 is 10.1 Å². The van der Waals surface area contributed by atoms with Gasteiger partial charge in [0.2, 0.25) is 0 Å². The Balaban J connectivity index is 1.52. The second kappa shape index (κ2) is 9.21. The largest absolute Gasteiger partial charge is 0.493 e. The van der Waals surface area contributed by atoms with E-state index in [0.29, 0.717) is 31.0 Å². The summed E-state index contributed by atoms with van der Waals surface area (Å²) < 4.78 is 37.9. The molecule has 33 heavy (non-hydrogen) atoms. The molecule has 0 saturated heterocycles. The zero-order valence-corrected chi connectivity index (χ0v) is 19.1. The summed E-state index contributed by atoms with van der Waals surface area (Å²) in [7, 11) is 1.39. The molecule has 1 aromatic heterocycles. The number of anilines is 1. The van der Waals surface area contributed by atoms with Gasteiger partial charge >= 0.3 is 12.5 Å². The van der Waals surface area contributed by atoms with E-state index in [1.54, 1.807) is 13.8 Å². The SMILES string of the molecule is COC(=O)C[C@@H]1COc2cc(NCc3cccc(-c4c(C)nn(C(F)F)c4C)c3C)ccc21. The molecule has 1 aliphatic heterocycles. The van der Waals surface area contributed by atoms with Gasteiger partial charge in [-0.2, -0.15) is 13.9 Å². The third-order valence-corrected chi connectivity index (χ3v) is 6.24. The Hall–Kier alpha value is -3.42. The number of rotatable bonds is 7. The molecular formula is C25H27F2N3O3. The standard InChI is InChI=1S/C25H27F2N3O3/c1-14-17(6-5-7-20(14)24-15(2)29-30(16(24)3)25(26)27)12-28-19-8-9-21-18(10-23(31)32-4)13-33-22(21)11-19/h5-9,11,18,25,28H,10,12-13H2,1-4H3/t18-/m1/s1. The number of halogens is 2. The van der Waals surface area contributed by atoms with Crippen LogP contribution in [-0.2, 0) is 16.1 Å². The molecule has 4 rings (SSSR count). The Labute approximate surface area is 191 Å². The third kappa shape index (κ3) is 4.42. The summed E-state index contributed by atoms with van der Waals surface area (Å²) in [5.41, 5.74) is 6.66. The smallest absolute Gasteiger partial charge is 0.333 e. The fourth-order valence-corrected chi connectivity index (χ4v) is 4.43. The average molecular weight is 456 g/mol. The second-order valence-corrected chi connectivity index (χ2v) is 8.25. The Morgan fingerprint density at radius 1 is 1.27 bits per heavy atom. The molecule has 1 atom stereocenters. The Morgan fingerprint density at radius 3 is 2.76 bits per heavy atom. The van der Waals surface area contributed by atoms with Crippen LogP contribution in [0.25, 0.3) is 11.1 Å². The lowest BCUT2D eigenvalue weighted by Crippen LogP contribution is -2.09. The number of esters is 1. The van der Waals surface area contributed by atoms with E-state index in [1.807, 2.05) is 43.3 Å². The van der Waals surface area contributed by atoms with Crippen LogP contribution in [-0.4, -0.2) is 29.5 Å². The maximum absolute atomic E-state index is 13.3. The Bertz CT molecular complexity index is 1190. The molecule has 2 aromatic carbocycles. The number of fused-ring (bicyclic) bond motifs is 1. The lowest BCUT2D eigenvalue weighted by Gasteiger charge is -2.14. The van der Waals surface area contributed by atoms with Gasteiger partial charge in [0, 0.05) is 41.0 Å². The van der Waals surface area contributed by atoms with E-state index in [9.17, 15) is 13.6 Å². The number of benzene rings is 2. The van der Waals surface area contributed by atoms with E-state index < -0.39 is 6.55 Å². The van der Waals surface area contributed by atoms with Gasteiger partial charge in [0.1, 0.15) is 5.75 Å². The van der Waals surface area contributed by atoms with Crippen LogP contribution in [0.4, 0.5) is 14.5 Å². The highest BCUT2D eigenvalue weighted by molar-refractivity contribution is 5.73. The topological polar surface area (TPSA) is 65.4 Å². The molecule has 8 heteroatoms. The first-order valence-corrected chi connectivity index (χ1v) is 10.8. The van der Waals surface area contributed by atoms with Crippen molar-refractivity contribution >= 4 is 11.7 Å². The summed E-state index contributed by atoms with van der Waals surface area (Å²) >= 11 is 0. The van der Waals surface area contributed by atoms with Crippen LogP contribution in [0.3, 0.4) is 0 Å². The molecule has 174 valence electrons. The first-order chi connectivity index (χ1) is 15.8. The summed E-state index contributed by atoms with van der Waals surface area (Å²) in [6, 6.07) is 11.8. The number of hydrogen-bond donors (Lipinski definition) is 1. The van der Waals surface area contributed by atoms with Gasteiger partial charge in [-0.1, -0.05) is 24.3 Å². The molecule has 0 aliphatic carbocycles. The van der Waals surface area contributed by atoms with E-state index >= 15 is 0 Å². The van der Waals surface area contributed by atoms with Crippen LogP contribution in [0, 0.1) is 20.8 Å². The van der Waals surface area contributed by atoms with Crippen LogP contribution in [0.5, 0.6) is 5.75 Å². The highest BCUT2D eigenvalue weighted by Crippen LogP contribution is 2.38. The summed E-state index contributed by atoms with van der Waals surface area (Å²) in [5.74, 6) is 0.518.